The summed E-state index contributed by atoms with van der Waals surface area (Å²) in [5.41, 5.74) is 1.62. The Hall–Kier alpha value is -2.17. The van der Waals surface area contributed by atoms with Crippen molar-refractivity contribution in [2.75, 3.05) is 0 Å². The number of benzene rings is 1. The van der Waals surface area contributed by atoms with Crippen LogP contribution >= 0.6 is 0 Å². The van der Waals surface area contributed by atoms with Gasteiger partial charge in [0, 0.05) is 0 Å². The molecule has 0 aliphatic heterocycles. The Morgan fingerprint density at radius 3 is 2.00 bits per heavy atom. The van der Waals surface area contributed by atoms with Crippen LogP contribution in [0.4, 0.5) is 0 Å². The number of carboxylic acids is 1. The van der Waals surface area contributed by atoms with Gasteiger partial charge in [-0.3, -0.25) is 4.79 Å². The van der Waals surface area contributed by atoms with E-state index in [1.807, 2.05) is 24.3 Å². The lowest BCUT2D eigenvalue weighted by atomic mass is 9.91. The van der Waals surface area contributed by atoms with Crippen molar-refractivity contribution in [2.24, 2.45) is 0 Å². The maximum absolute atomic E-state index is 11.9. The summed E-state index contributed by atoms with van der Waals surface area (Å²) in [5.74, 6) is -1.26. The number of aliphatic carboxylic acids is 1. The molecule has 166 valence electrons. The summed E-state index contributed by atoms with van der Waals surface area (Å²) in [7, 11) is 0. The molecule has 0 saturated carbocycles. The summed E-state index contributed by atoms with van der Waals surface area (Å²) in [4.78, 5) is 11.9. The Morgan fingerprint density at radius 1 is 0.900 bits per heavy atom. The molecule has 0 fully saturated rings. The quantitative estimate of drug-likeness (QED) is 0.286. The molecule has 5 nitrogen and oxygen atoms in total. The fraction of sp³-hybridized carbons (Fsp3) is 0.640. The number of hydrogen-bond acceptors (Lipinski definition) is 3. The Morgan fingerprint density at radius 2 is 1.47 bits per heavy atom. The van der Waals surface area contributed by atoms with Crippen LogP contribution in [0.25, 0.3) is 5.69 Å². The monoisotopic (exact) mass is 413 g/mol. The molecule has 5 heteroatoms. The molecule has 30 heavy (non-hydrogen) atoms. The molecule has 0 spiro atoms. The minimum Gasteiger partial charge on any atom is -0.481 e. The third-order valence-electron chi connectivity index (χ3n) is 5.88. The van der Waals surface area contributed by atoms with Crippen molar-refractivity contribution in [3.8, 4) is 5.69 Å². The minimum absolute atomic E-state index is 0.502. The van der Waals surface area contributed by atoms with Gasteiger partial charge in [-0.05, 0) is 18.1 Å². The highest BCUT2D eigenvalue weighted by molar-refractivity contribution is 5.77. The minimum atomic E-state index is -0.762. The van der Waals surface area contributed by atoms with E-state index in [9.17, 15) is 9.90 Å². The molecule has 1 unspecified atom stereocenters. The van der Waals surface area contributed by atoms with E-state index in [1.165, 1.54) is 70.6 Å². The van der Waals surface area contributed by atoms with Crippen molar-refractivity contribution in [1.29, 1.82) is 0 Å². The number of rotatable bonds is 17. The number of carbonyl (C=O) groups is 1. The second-order valence-electron chi connectivity index (χ2n) is 8.33. The first-order chi connectivity index (χ1) is 14.7. The van der Waals surface area contributed by atoms with Crippen LogP contribution in [-0.4, -0.2) is 26.1 Å². The van der Waals surface area contributed by atoms with Gasteiger partial charge in [0.05, 0.1) is 24.0 Å². The highest BCUT2D eigenvalue weighted by Gasteiger charge is 2.23. The van der Waals surface area contributed by atoms with Gasteiger partial charge in [0.15, 0.2) is 0 Å². The van der Waals surface area contributed by atoms with Crippen LogP contribution in [0.3, 0.4) is 0 Å². The van der Waals surface area contributed by atoms with Gasteiger partial charge in [-0.25, -0.2) is 4.68 Å². The Bertz CT molecular complexity index is 700. The van der Waals surface area contributed by atoms with E-state index in [1.54, 1.807) is 17.1 Å². The molecular formula is C25H39N3O2. The summed E-state index contributed by atoms with van der Waals surface area (Å²) in [6.07, 6.45) is 20.9. The molecule has 0 aliphatic carbocycles. The van der Waals surface area contributed by atoms with E-state index in [2.05, 4.69) is 17.2 Å². The third-order valence-corrected chi connectivity index (χ3v) is 5.88. The van der Waals surface area contributed by atoms with Crippen LogP contribution < -0.4 is 0 Å². The normalized spacial score (nSPS) is 12.2. The van der Waals surface area contributed by atoms with Gasteiger partial charge >= 0.3 is 5.97 Å². The maximum atomic E-state index is 11.9. The summed E-state index contributed by atoms with van der Waals surface area (Å²) in [5, 5.41) is 17.7. The predicted molar refractivity (Wildman–Crippen MR) is 122 cm³/mol. The smallest absolute Gasteiger partial charge is 0.311 e. The van der Waals surface area contributed by atoms with Gasteiger partial charge in [-0.2, -0.15) is 0 Å². The number of carboxylic acid groups (broad SMARTS) is 1. The fourth-order valence-corrected chi connectivity index (χ4v) is 4.11. The highest BCUT2D eigenvalue weighted by Crippen LogP contribution is 2.28. The van der Waals surface area contributed by atoms with E-state index in [0.29, 0.717) is 6.42 Å². The van der Waals surface area contributed by atoms with Crippen LogP contribution in [0.15, 0.2) is 36.7 Å². The van der Waals surface area contributed by atoms with Crippen LogP contribution in [0.1, 0.15) is 108 Å². The molecule has 1 atom stereocenters. The van der Waals surface area contributed by atoms with Gasteiger partial charge in [-0.15, -0.1) is 5.10 Å². The zero-order chi connectivity index (χ0) is 21.4. The van der Waals surface area contributed by atoms with E-state index in [0.717, 1.165) is 24.1 Å². The standard InChI is InChI=1S/C25H39N3O2/c1-2-3-4-5-6-7-8-9-10-11-12-13-14-18-23(25(29)30)22-17-15-16-19-24(22)28-21-20-26-27-28/h15-17,19-21,23H,2-14,18H2,1H3,(H,29,30). The molecular weight excluding hydrogens is 374 g/mol. The number of aromatic nitrogens is 3. The second kappa shape index (κ2) is 14.8. The first-order valence-corrected chi connectivity index (χ1v) is 11.9. The van der Waals surface area contributed by atoms with Gasteiger partial charge in [-0.1, -0.05) is 114 Å². The average Bonchev–Trinajstić information content (AvgIpc) is 3.29. The zero-order valence-corrected chi connectivity index (χ0v) is 18.6. The highest BCUT2D eigenvalue weighted by atomic mass is 16.4. The first-order valence-electron chi connectivity index (χ1n) is 11.9. The lowest BCUT2D eigenvalue weighted by Crippen LogP contribution is -2.14. The number of hydrogen-bond donors (Lipinski definition) is 1. The Kier molecular flexibility index (Phi) is 11.9. The first kappa shape index (κ1) is 24.1. The number of para-hydroxylation sites is 1. The zero-order valence-electron chi connectivity index (χ0n) is 18.6. The van der Waals surface area contributed by atoms with E-state index >= 15 is 0 Å². The van der Waals surface area contributed by atoms with Crippen molar-refractivity contribution >= 4 is 5.97 Å². The lowest BCUT2D eigenvalue weighted by molar-refractivity contribution is -0.139. The largest absolute Gasteiger partial charge is 0.481 e. The van der Waals surface area contributed by atoms with E-state index in [-0.39, 0.29) is 0 Å². The molecule has 0 aliphatic rings. The summed E-state index contributed by atoms with van der Waals surface area (Å²) < 4.78 is 1.65. The summed E-state index contributed by atoms with van der Waals surface area (Å²) in [6.45, 7) is 2.26. The molecule has 1 N–H and O–H groups in total. The van der Waals surface area contributed by atoms with Gasteiger partial charge in [0.1, 0.15) is 0 Å². The predicted octanol–water partition coefficient (Wildman–Crippen LogP) is 6.92. The molecule has 1 aromatic carbocycles. The van der Waals surface area contributed by atoms with Gasteiger partial charge in [0.25, 0.3) is 0 Å². The van der Waals surface area contributed by atoms with Crippen LogP contribution in [0.5, 0.6) is 0 Å². The molecule has 2 aromatic rings. The third kappa shape index (κ3) is 8.68. The molecule has 0 radical (unpaired) electrons. The van der Waals surface area contributed by atoms with Crippen LogP contribution in [0.2, 0.25) is 0 Å². The van der Waals surface area contributed by atoms with Crippen molar-refractivity contribution in [1.82, 2.24) is 15.0 Å². The van der Waals surface area contributed by atoms with Gasteiger partial charge < -0.3 is 5.11 Å². The van der Waals surface area contributed by atoms with Crippen molar-refractivity contribution in [2.45, 2.75) is 103 Å². The van der Waals surface area contributed by atoms with E-state index < -0.39 is 11.9 Å². The molecule has 0 saturated heterocycles. The topological polar surface area (TPSA) is 68.0 Å². The van der Waals surface area contributed by atoms with Crippen molar-refractivity contribution in [3.05, 3.63) is 42.2 Å². The maximum Gasteiger partial charge on any atom is 0.311 e. The van der Waals surface area contributed by atoms with E-state index in [4.69, 9.17) is 0 Å². The molecule has 1 heterocycles. The number of nitrogens with zero attached hydrogens (tertiary/aromatic N) is 3. The van der Waals surface area contributed by atoms with Crippen molar-refractivity contribution < 1.29 is 9.90 Å². The Balaban J connectivity index is 1.64. The van der Waals surface area contributed by atoms with Gasteiger partial charge in [0.2, 0.25) is 0 Å². The second-order valence-corrected chi connectivity index (χ2v) is 8.33. The van der Waals surface area contributed by atoms with Crippen LogP contribution in [-0.2, 0) is 4.79 Å². The average molecular weight is 414 g/mol. The molecule has 2 rings (SSSR count). The lowest BCUT2D eigenvalue weighted by Gasteiger charge is -2.16. The molecule has 0 bridgehead atoms. The SMILES string of the molecule is CCCCCCCCCCCCCCCC(C(=O)O)c1ccccc1-n1ccnn1. The van der Waals surface area contributed by atoms with Crippen LogP contribution in [0, 0.1) is 0 Å². The Labute approximate surface area is 181 Å². The molecule has 1 aromatic heterocycles. The van der Waals surface area contributed by atoms with Crippen molar-refractivity contribution in [3.63, 3.8) is 0 Å². The summed E-state index contributed by atoms with van der Waals surface area (Å²) in [6, 6.07) is 7.61. The summed E-state index contributed by atoms with van der Waals surface area (Å²) >= 11 is 0. The molecule has 0 amide bonds. The number of unbranched alkanes of at least 4 members (excludes halogenated alkanes) is 12. The fourth-order valence-electron chi connectivity index (χ4n) is 4.11.